The highest BCUT2D eigenvalue weighted by molar-refractivity contribution is 5.90. The second-order valence-corrected chi connectivity index (χ2v) is 4.60. The molecule has 0 saturated heterocycles. The molecule has 1 saturated carbocycles. The summed E-state index contributed by atoms with van der Waals surface area (Å²) in [6.45, 7) is 6.46. The second-order valence-electron chi connectivity index (χ2n) is 4.60. The minimum Gasteiger partial charge on any atom is -0.462 e. The van der Waals surface area contributed by atoms with E-state index in [9.17, 15) is 4.79 Å². The van der Waals surface area contributed by atoms with Crippen molar-refractivity contribution in [3.8, 4) is 0 Å². The molecular formula is C13H20N2O2. The molecule has 1 atom stereocenters. The third-order valence-corrected chi connectivity index (χ3v) is 3.42. The number of carbonyl (C=O) groups is 1. The van der Waals surface area contributed by atoms with E-state index in [1.165, 1.54) is 12.8 Å². The van der Waals surface area contributed by atoms with Crippen LogP contribution >= 0.6 is 0 Å². The molecule has 1 aromatic rings. The molecule has 0 amide bonds. The minimum atomic E-state index is -0.251. The summed E-state index contributed by atoms with van der Waals surface area (Å²) in [5.41, 5.74) is 1.63. The summed E-state index contributed by atoms with van der Waals surface area (Å²) in [6.07, 6.45) is 5.01. The van der Waals surface area contributed by atoms with Crippen molar-refractivity contribution in [2.24, 2.45) is 5.92 Å². The van der Waals surface area contributed by atoms with E-state index in [4.69, 9.17) is 4.74 Å². The quantitative estimate of drug-likeness (QED) is 0.738. The van der Waals surface area contributed by atoms with Crippen molar-refractivity contribution >= 4 is 5.97 Å². The zero-order chi connectivity index (χ0) is 12.4. The van der Waals surface area contributed by atoms with E-state index in [1.807, 2.05) is 11.6 Å². The van der Waals surface area contributed by atoms with Gasteiger partial charge in [0.2, 0.25) is 0 Å². The largest absolute Gasteiger partial charge is 0.462 e. The third-order valence-electron chi connectivity index (χ3n) is 3.42. The molecule has 1 fully saturated rings. The van der Waals surface area contributed by atoms with Crippen LogP contribution < -0.4 is 0 Å². The Labute approximate surface area is 102 Å². The maximum absolute atomic E-state index is 11.8. The molecular weight excluding hydrogens is 216 g/mol. The van der Waals surface area contributed by atoms with Gasteiger partial charge in [0, 0.05) is 0 Å². The maximum Gasteiger partial charge on any atom is 0.341 e. The molecule has 0 bridgehead atoms. The topological polar surface area (TPSA) is 44.1 Å². The summed E-state index contributed by atoms with van der Waals surface area (Å²) in [6, 6.07) is 0.396. The van der Waals surface area contributed by atoms with Gasteiger partial charge in [0.05, 0.1) is 24.5 Å². The average molecular weight is 236 g/mol. The van der Waals surface area contributed by atoms with Crippen molar-refractivity contribution < 1.29 is 9.53 Å². The fraction of sp³-hybridized carbons (Fsp3) is 0.692. The maximum atomic E-state index is 11.8. The Morgan fingerprint density at radius 3 is 2.82 bits per heavy atom. The lowest BCUT2D eigenvalue weighted by Crippen LogP contribution is -2.14. The van der Waals surface area contributed by atoms with Crippen molar-refractivity contribution in [1.82, 2.24) is 9.78 Å². The van der Waals surface area contributed by atoms with Gasteiger partial charge in [-0.3, -0.25) is 4.68 Å². The van der Waals surface area contributed by atoms with E-state index < -0.39 is 0 Å². The molecule has 0 aliphatic heterocycles. The lowest BCUT2D eigenvalue weighted by atomic mass is 10.1. The number of hydrogen-bond acceptors (Lipinski definition) is 3. The molecule has 1 unspecified atom stereocenters. The van der Waals surface area contributed by atoms with E-state index >= 15 is 0 Å². The summed E-state index contributed by atoms with van der Waals surface area (Å²) in [5.74, 6) is 0.480. The fourth-order valence-corrected chi connectivity index (χ4v) is 2.25. The first-order valence-electron chi connectivity index (χ1n) is 6.42. The number of rotatable bonds is 5. The van der Waals surface area contributed by atoms with Gasteiger partial charge >= 0.3 is 5.97 Å². The second kappa shape index (κ2) is 4.90. The molecule has 1 aliphatic rings. The molecule has 2 rings (SSSR count). The van der Waals surface area contributed by atoms with Gasteiger partial charge in [-0.2, -0.15) is 5.10 Å². The minimum absolute atomic E-state index is 0.251. The molecule has 94 valence electrons. The highest BCUT2D eigenvalue weighted by atomic mass is 16.5. The Hall–Kier alpha value is -1.32. The van der Waals surface area contributed by atoms with E-state index in [1.54, 1.807) is 6.20 Å². The van der Waals surface area contributed by atoms with Crippen molar-refractivity contribution in [2.75, 3.05) is 6.61 Å². The van der Waals surface area contributed by atoms with Gasteiger partial charge in [-0.1, -0.05) is 6.92 Å². The van der Waals surface area contributed by atoms with E-state index in [-0.39, 0.29) is 5.97 Å². The highest BCUT2D eigenvalue weighted by Crippen LogP contribution is 2.39. The smallest absolute Gasteiger partial charge is 0.341 e. The molecule has 0 N–H and O–H groups in total. The molecule has 1 heterocycles. The first-order chi connectivity index (χ1) is 8.19. The van der Waals surface area contributed by atoms with Crippen LogP contribution in [0.3, 0.4) is 0 Å². The molecule has 17 heavy (non-hydrogen) atoms. The standard InChI is InChI=1S/C13H20N2O2/c1-4-12-11(13(16)17-5-2)8-14-15(12)9(3)10-6-7-10/h8-10H,4-7H2,1-3H3. The summed E-state index contributed by atoms with van der Waals surface area (Å²) >= 11 is 0. The van der Waals surface area contributed by atoms with Gasteiger partial charge in [-0.05, 0) is 39.0 Å². The molecule has 4 nitrogen and oxygen atoms in total. The van der Waals surface area contributed by atoms with Crippen LogP contribution in [0.4, 0.5) is 0 Å². The molecule has 4 heteroatoms. The average Bonchev–Trinajstić information content (AvgIpc) is 3.07. The van der Waals surface area contributed by atoms with Gasteiger partial charge in [0.1, 0.15) is 5.56 Å². The number of carbonyl (C=O) groups excluding carboxylic acids is 1. The number of nitrogens with zero attached hydrogens (tertiary/aromatic N) is 2. The lowest BCUT2D eigenvalue weighted by Gasteiger charge is -2.14. The van der Waals surface area contributed by atoms with Gasteiger partial charge in [-0.15, -0.1) is 0 Å². The molecule has 0 radical (unpaired) electrons. The summed E-state index contributed by atoms with van der Waals surface area (Å²) in [7, 11) is 0. The number of ether oxygens (including phenoxy) is 1. The van der Waals surface area contributed by atoms with Crippen LogP contribution in [0.2, 0.25) is 0 Å². The Kier molecular flexibility index (Phi) is 3.50. The van der Waals surface area contributed by atoms with Crippen LogP contribution in [0.25, 0.3) is 0 Å². The zero-order valence-corrected chi connectivity index (χ0v) is 10.8. The van der Waals surface area contributed by atoms with Crippen LogP contribution in [0.1, 0.15) is 55.7 Å². The Morgan fingerprint density at radius 1 is 1.59 bits per heavy atom. The van der Waals surface area contributed by atoms with E-state index in [2.05, 4.69) is 18.9 Å². The van der Waals surface area contributed by atoms with Gasteiger partial charge in [0.25, 0.3) is 0 Å². The number of aromatic nitrogens is 2. The Balaban J connectivity index is 2.25. The van der Waals surface area contributed by atoms with Crippen molar-refractivity contribution in [1.29, 1.82) is 0 Å². The Bertz CT molecular complexity index is 408. The van der Waals surface area contributed by atoms with Gasteiger partial charge < -0.3 is 4.74 Å². The van der Waals surface area contributed by atoms with Crippen LogP contribution in [0, 0.1) is 5.92 Å². The normalized spacial score (nSPS) is 16.9. The third kappa shape index (κ3) is 2.35. The predicted molar refractivity (Wildman–Crippen MR) is 65.0 cm³/mol. The molecule has 0 spiro atoms. The summed E-state index contributed by atoms with van der Waals surface area (Å²) in [4.78, 5) is 11.8. The Morgan fingerprint density at radius 2 is 2.29 bits per heavy atom. The van der Waals surface area contributed by atoms with E-state index in [0.29, 0.717) is 18.2 Å². The highest BCUT2D eigenvalue weighted by Gasteiger charge is 2.31. The van der Waals surface area contributed by atoms with Crippen LogP contribution in [-0.2, 0) is 11.2 Å². The first-order valence-corrected chi connectivity index (χ1v) is 6.42. The molecule has 1 aliphatic carbocycles. The van der Waals surface area contributed by atoms with Crippen molar-refractivity contribution in [2.45, 2.75) is 46.1 Å². The number of hydrogen-bond donors (Lipinski definition) is 0. The van der Waals surface area contributed by atoms with E-state index in [0.717, 1.165) is 18.0 Å². The van der Waals surface area contributed by atoms with Crippen LogP contribution in [-0.4, -0.2) is 22.4 Å². The molecule has 0 aromatic carbocycles. The van der Waals surface area contributed by atoms with Crippen molar-refractivity contribution in [3.05, 3.63) is 17.5 Å². The number of esters is 1. The van der Waals surface area contributed by atoms with Gasteiger partial charge in [0.15, 0.2) is 0 Å². The lowest BCUT2D eigenvalue weighted by molar-refractivity contribution is 0.0525. The fourth-order valence-electron chi connectivity index (χ4n) is 2.25. The summed E-state index contributed by atoms with van der Waals surface area (Å²) in [5, 5.41) is 4.37. The van der Waals surface area contributed by atoms with Crippen molar-refractivity contribution in [3.63, 3.8) is 0 Å². The van der Waals surface area contributed by atoms with Crippen LogP contribution in [0.15, 0.2) is 6.20 Å². The SMILES string of the molecule is CCOC(=O)c1cnn(C(C)C2CC2)c1CC. The summed E-state index contributed by atoms with van der Waals surface area (Å²) < 4.78 is 7.05. The van der Waals surface area contributed by atoms with Gasteiger partial charge in [-0.25, -0.2) is 4.79 Å². The molecule has 1 aromatic heterocycles. The van der Waals surface area contributed by atoms with Crippen LogP contribution in [0.5, 0.6) is 0 Å². The predicted octanol–water partition coefficient (Wildman–Crippen LogP) is 2.59. The first kappa shape index (κ1) is 12.1. The zero-order valence-electron chi connectivity index (χ0n) is 10.8. The monoisotopic (exact) mass is 236 g/mol.